The second-order valence-electron chi connectivity index (χ2n) is 9.08. The highest BCUT2D eigenvalue weighted by Gasteiger charge is 2.32. The maximum atomic E-state index is 13.8. The van der Waals surface area contributed by atoms with E-state index in [0.29, 0.717) is 6.42 Å². The molecule has 0 aromatic heterocycles. The molecule has 1 rings (SSSR count). The van der Waals surface area contributed by atoms with E-state index in [-0.39, 0.29) is 12.6 Å². The lowest BCUT2D eigenvalue weighted by Gasteiger charge is -2.24. The summed E-state index contributed by atoms with van der Waals surface area (Å²) in [5.41, 5.74) is 0. The van der Waals surface area contributed by atoms with Crippen LogP contribution in [0.25, 0.3) is 0 Å². The molecule has 3 amide bonds. The minimum atomic E-state index is -1.91. The number of hydrogen-bond donors (Lipinski definition) is 4. The van der Waals surface area contributed by atoms with E-state index in [4.69, 9.17) is 5.11 Å². The highest BCUT2D eigenvalue weighted by atomic mass is 19.2. The molecule has 0 radical (unpaired) electrons. The number of ether oxygens (including phenoxy) is 1. The number of ketones is 1. The summed E-state index contributed by atoms with van der Waals surface area (Å²) >= 11 is 0. The zero-order valence-electron chi connectivity index (χ0n) is 21.9. The molecular weight excluding hydrogens is 530 g/mol. The quantitative estimate of drug-likeness (QED) is 0.104. The Morgan fingerprint density at radius 1 is 0.897 bits per heavy atom. The van der Waals surface area contributed by atoms with E-state index in [1.54, 1.807) is 0 Å². The number of hydrogen-bond acceptors (Lipinski definition) is 6. The second kappa shape index (κ2) is 16.3. The average molecular weight is 564 g/mol. The van der Waals surface area contributed by atoms with Gasteiger partial charge in [-0.05, 0) is 12.3 Å². The summed E-state index contributed by atoms with van der Waals surface area (Å²) < 4.78 is 58.9. The molecule has 0 saturated carbocycles. The van der Waals surface area contributed by atoms with Gasteiger partial charge < -0.3 is 25.8 Å². The summed E-state index contributed by atoms with van der Waals surface area (Å²) in [6.07, 6.45) is 3.61. The first-order chi connectivity index (χ1) is 18.3. The molecule has 0 aliphatic rings. The van der Waals surface area contributed by atoms with Gasteiger partial charge in [0.2, 0.25) is 17.5 Å². The van der Waals surface area contributed by atoms with Gasteiger partial charge in [0.1, 0.15) is 18.7 Å². The zero-order valence-corrected chi connectivity index (χ0v) is 21.9. The Hall–Kier alpha value is -3.71. The normalized spacial score (nSPS) is 12.4. The molecule has 1 aromatic carbocycles. The van der Waals surface area contributed by atoms with Crippen molar-refractivity contribution in [3.63, 3.8) is 0 Å². The van der Waals surface area contributed by atoms with Crippen molar-refractivity contribution in [3.05, 3.63) is 29.3 Å². The summed E-state index contributed by atoms with van der Waals surface area (Å²) in [5, 5.41) is 15.9. The number of carbonyl (C=O) groups is 5. The third-order valence-electron chi connectivity index (χ3n) is 5.52. The molecule has 14 heteroatoms. The number of aliphatic carboxylic acids is 1. The minimum absolute atomic E-state index is 0.0684. The Balaban J connectivity index is 2.85. The highest BCUT2D eigenvalue weighted by Crippen LogP contribution is 2.26. The Labute approximate surface area is 222 Å². The van der Waals surface area contributed by atoms with Crippen molar-refractivity contribution in [1.29, 1.82) is 0 Å². The number of carboxylic acid groups (broad SMARTS) is 1. The lowest BCUT2D eigenvalue weighted by atomic mass is 10.0. The summed E-state index contributed by atoms with van der Waals surface area (Å²) in [6.45, 7) is 4.07. The van der Waals surface area contributed by atoms with Crippen molar-refractivity contribution in [2.24, 2.45) is 5.92 Å². The Morgan fingerprint density at radius 3 is 2.03 bits per heavy atom. The van der Waals surface area contributed by atoms with Gasteiger partial charge in [-0.25, -0.2) is 8.78 Å². The van der Waals surface area contributed by atoms with Crippen LogP contribution in [0, 0.1) is 29.2 Å². The SMILES string of the molecule is CCCCCCCNC(=O)C(=O)N[C@H](C(=O)N[C@@H](CC(=O)O)C(=O)COc1c(F)c(F)cc(F)c1F)C(C)C. The van der Waals surface area contributed by atoms with Crippen molar-refractivity contribution in [1.82, 2.24) is 16.0 Å². The third-order valence-corrected chi connectivity index (χ3v) is 5.52. The number of nitrogens with one attached hydrogen (secondary N) is 3. The van der Waals surface area contributed by atoms with Crippen molar-refractivity contribution in [2.45, 2.75) is 71.4 Å². The van der Waals surface area contributed by atoms with Crippen LogP contribution >= 0.6 is 0 Å². The fourth-order valence-corrected chi connectivity index (χ4v) is 3.36. The summed E-state index contributed by atoms with van der Waals surface area (Å²) in [6, 6.07) is -3.25. The van der Waals surface area contributed by atoms with Crippen LogP contribution in [-0.2, 0) is 24.0 Å². The largest absolute Gasteiger partial charge is 0.481 e. The Kier molecular flexibility index (Phi) is 13.9. The first kappa shape index (κ1) is 33.3. The Morgan fingerprint density at radius 2 is 1.49 bits per heavy atom. The topological polar surface area (TPSA) is 151 Å². The monoisotopic (exact) mass is 563 g/mol. The lowest BCUT2D eigenvalue weighted by Crippen LogP contribution is -2.56. The van der Waals surface area contributed by atoms with Crippen LogP contribution in [0.3, 0.4) is 0 Å². The summed E-state index contributed by atoms with van der Waals surface area (Å²) in [7, 11) is 0. The second-order valence-corrected chi connectivity index (χ2v) is 9.08. The van der Waals surface area contributed by atoms with Crippen molar-refractivity contribution >= 4 is 29.5 Å². The van der Waals surface area contributed by atoms with Gasteiger partial charge in [0.15, 0.2) is 23.2 Å². The Bertz CT molecular complexity index is 1030. The standard InChI is InChI=1S/C25H33F4N3O7/c1-4-5-6-7-8-9-30-24(37)25(38)32-21(13(2)3)23(36)31-16(11-18(34)35)17(33)12-39-22-19(28)14(26)10-15(27)20(22)29/h10,13,16,21H,4-9,11-12H2,1-3H3,(H,30,37)(H,31,36)(H,32,38)(H,34,35)/t16-,21-/m0/s1. The number of carboxylic acids is 1. The van der Waals surface area contributed by atoms with E-state index in [0.717, 1.165) is 25.7 Å². The number of unbranched alkanes of at least 4 members (excludes halogenated alkanes) is 4. The van der Waals surface area contributed by atoms with Gasteiger partial charge in [-0.15, -0.1) is 0 Å². The number of benzene rings is 1. The highest BCUT2D eigenvalue weighted by molar-refractivity contribution is 6.35. The van der Waals surface area contributed by atoms with E-state index < -0.39 is 89.5 Å². The lowest BCUT2D eigenvalue weighted by molar-refractivity contribution is -0.142. The van der Waals surface area contributed by atoms with Crippen molar-refractivity contribution < 1.29 is 51.4 Å². The first-order valence-corrected chi connectivity index (χ1v) is 12.4. The van der Waals surface area contributed by atoms with Crippen LogP contribution < -0.4 is 20.7 Å². The van der Waals surface area contributed by atoms with Gasteiger partial charge in [0, 0.05) is 12.6 Å². The molecular formula is C25H33F4N3O7. The van der Waals surface area contributed by atoms with Crippen LogP contribution in [0.2, 0.25) is 0 Å². The molecule has 1 aromatic rings. The maximum Gasteiger partial charge on any atom is 0.309 e. The molecule has 4 N–H and O–H groups in total. The van der Waals surface area contributed by atoms with Crippen molar-refractivity contribution in [2.75, 3.05) is 13.2 Å². The molecule has 0 unspecified atom stereocenters. The van der Waals surface area contributed by atoms with E-state index in [1.165, 1.54) is 13.8 Å². The van der Waals surface area contributed by atoms with Crippen LogP contribution in [-0.4, -0.2) is 59.8 Å². The number of carbonyl (C=O) groups excluding carboxylic acids is 4. The van der Waals surface area contributed by atoms with Gasteiger partial charge >= 0.3 is 17.8 Å². The molecule has 10 nitrogen and oxygen atoms in total. The van der Waals surface area contributed by atoms with E-state index >= 15 is 0 Å². The van der Waals surface area contributed by atoms with E-state index in [1.807, 2.05) is 0 Å². The average Bonchev–Trinajstić information content (AvgIpc) is 2.86. The number of halogens is 4. The van der Waals surface area contributed by atoms with Gasteiger partial charge in [0.25, 0.3) is 0 Å². The molecule has 0 fully saturated rings. The van der Waals surface area contributed by atoms with Crippen LogP contribution in [0.4, 0.5) is 17.6 Å². The summed E-state index contributed by atoms with van der Waals surface area (Å²) in [4.78, 5) is 61.0. The molecule has 39 heavy (non-hydrogen) atoms. The van der Waals surface area contributed by atoms with Gasteiger partial charge in [-0.1, -0.05) is 46.5 Å². The van der Waals surface area contributed by atoms with Crippen LogP contribution in [0.5, 0.6) is 5.75 Å². The first-order valence-electron chi connectivity index (χ1n) is 12.4. The predicted molar refractivity (Wildman–Crippen MR) is 129 cm³/mol. The van der Waals surface area contributed by atoms with Crippen LogP contribution in [0.15, 0.2) is 6.07 Å². The molecule has 0 heterocycles. The molecule has 2 atom stereocenters. The number of Topliss-reactive ketones (excluding diaryl/α,β-unsaturated/α-hetero) is 1. The molecule has 0 spiro atoms. The maximum absolute atomic E-state index is 13.8. The molecule has 0 aliphatic heterocycles. The van der Waals surface area contributed by atoms with E-state index in [2.05, 4.69) is 27.6 Å². The van der Waals surface area contributed by atoms with Crippen molar-refractivity contribution in [3.8, 4) is 5.75 Å². The molecule has 0 aliphatic carbocycles. The molecule has 218 valence electrons. The minimum Gasteiger partial charge on any atom is -0.481 e. The summed E-state index contributed by atoms with van der Waals surface area (Å²) in [5.74, 6) is -15.5. The molecule has 0 bridgehead atoms. The smallest absolute Gasteiger partial charge is 0.309 e. The molecule has 0 saturated heterocycles. The van der Waals surface area contributed by atoms with Gasteiger partial charge in [-0.2, -0.15) is 8.78 Å². The zero-order chi connectivity index (χ0) is 29.7. The fraction of sp³-hybridized carbons (Fsp3) is 0.560. The fourth-order valence-electron chi connectivity index (χ4n) is 3.36. The third kappa shape index (κ3) is 10.9. The van der Waals surface area contributed by atoms with Gasteiger partial charge in [-0.3, -0.25) is 24.0 Å². The van der Waals surface area contributed by atoms with E-state index in [9.17, 15) is 41.5 Å². The predicted octanol–water partition coefficient (Wildman–Crippen LogP) is 2.38. The van der Waals surface area contributed by atoms with Gasteiger partial charge in [0.05, 0.1) is 6.42 Å². The number of rotatable bonds is 16. The van der Waals surface area contributed by atoms with Crippen LogP contribution in [0.1, 0.15) is 59.3 Å². The number of amides is 3.